The number of hydrogen-bond acceptors (Lipinski definition) is 3. The highest BCUT2D eigenvalue weighted by molar-refractivity contribution is 7.89. The van der Waals surface area contributed by atoms with E-state index in [4.69, 9.17) is 5.14 Å². The molecule has 1 aromatic rings. The van der Waals surface area contributed by atoms with Crippen LogP contribution in [-0.2, 0) is 10.0 Å². The summed E-state index contributed by atoms with van der Waals surface area (Å²) in [5.41, 5.74) is -0.664. The number of halogens is 2. The summed E-state index contributed by atoms with van der Waals surface area (Å²) in [4.78, 5) is 12.2. The molecule has 0 radical (unpaired) electrons. The van der Waals surface area contributed by atoms with E-state index in [1.165, 1.54) is 7.05 Å². The van der Waals surface area contributed by atoms with Gasteiger partial charge in [-0.05, 0) is 19.1 Å². The molecule has 1 amide bonds. The van der Waals surface area contributed by atoms with Crippen molar-refractivity contribution in [3.63, 3.8) is 0 Å². The van der Waals surface area contributed by atoms with E-state index in [0.717, 1.165) is 11.0 Å². The third-order valence-corrected chi connectivity index (χ3v) is 3.27. The average molecular weight is 278 g/mol. The van der Waals surface area contributed by atoms with E-state index in [1.807, 2.05) is 0 Å². The van der Waals surface area contributed by atoms with E-state index < -0.39 is 38.0 Å². The minimum atomic E-state index is -4.21. The normalized spacial score (nSPS) is 11.4. The SMILES string of the molecule is CCN(C)C(=O)c1cc(S(N)(=O)=O)cc(F)c1F. The smallest absolute Gasteiger partial charge is 0.256 e. The van der Waals surface area contributed by atoms with Crippen molar-refractivity contribution < 1.29 is 22.0 Å². The number of rotatable bonds is 3. The highest BCUT2D eigenvalue weighted by Gasteiger charge is 2.22. The molecule has 0 saturated heterocycles. The Kier molecular flexibility index (Phi) is 4.02. The highest BCUT2D eigenvalue weighted by atomic mass is 32.2. The van der Waals surface area contributed by atoms with Crippen molar-refractivity contribution in [2.45, 2.75) is 11.8 Å². The molecule has 1 aromatic carbocycles. The summed E-state index contributed by atoms with van der Waals surface area (Å²) in [7, 11) is -2.83. The summed E-state index contributed by atoms with van der Waals surface area (Å²) < 4.78 is 48.8. The van der Waals surface area contributed by atoms with Gasteiger partial charge >= 0.3 is 0 Å². The molecule has 0 aromatic heterocycles. The van der Waals surface area contributed by atoms with Gasteiger partial charge in [0.05, 0.1) is 10.5 Å². The van der Waals surface area contributed by atoms with Crippen LogP contribution in [0.1, 0.15) is 17.3 Å². The van der Waals surface area contributed by atoms with Gasteiger partial charge in [0.25, 0.3) is 5.91 Å². The fourth-order valence-electron chi connectivity index (χ4n) is 1.23. The van der Waals surface area contributed by atoms with Crippen LogP contribution in [0.5, 0.6) is 0 Å². The number of sulfonamides is 1. The number of carbonyl (C=O) groups is 1. The molecule has 0 aliphatic heterocycles. The van der Waals surface area contributed by atoms with Gasteiger partial charge in [-0.3, -0.25) is 4.79 Å². The zero-order chi connectivity index (χ0) is 14.1. The van der Waals surface area contributed by atoms with Gasteiger partial charge in [0.2, 0.25) is 10.0 Å². The number of hydrogen-bond donors (Lipinski definition) is 1. The van der Waals surface area contributed by atoms with E-state index in [0.29, 0.717) is 6.07 Å². The van der Waals surface area contributed by atoms with Gasteiger partial charge in [-0.25, -0.2) is 22.3 Å². The number of benzene rings is 1. The number of nitrogens with zero attached hydrogens (tertiary/aromatic N) is 1. The quantitative estimate of drug-likeness (QED) is 0.884. The summed E-state index contributed by atoms with van der Waals surface area (Å²) in [5.74, 6) is -3.65. The zero-order valence-electron chi connectivity index (χ0n) is 9.78. The lowest BCUT2D eigenvalue weighted by atomic mass is 10.2. The molecule has 0 unspecified atom stereocenters. The first-order valence-electron chi connectivity index (χ1n) is 4.95. The van der Waals surface area contributed by atoms with Crippen LogP contribution < -0.4 is 5.14 Å². The van der Waals surface area contributed by atoms with Crippen molar-refractivity contribution in [2.24, 2.45) is 5.14 Å². The topological polar surface area (TPSA) is 80.5 Å². The van der Waals surface area contributed by atoms with Crippen molar-refractivity contribution in [3.05, 3.63) is 29.3 Å². The molecule has 1 rings (SSSR count). The van der Waals surface area contributed by atoms with Crippen LogP contribution in [0.4, 0.5) is 8.78 Å². The van der Waals surface area contributed by atoms with Gasteiger partial charge in [0.1, 0.15) is 0 Å². The van der Waals surface area contributed by atoms with Gasteiger partial charge in [0, 0.05) is 13.6 Å². The van der Waals surface area contributed by atoms with Crippen LogP contribution in [0.3, 0.4) is 0 Å². The van der Waals surface area contributed by atoms with Crippen molar-refractivity contribution in [1.29, 1.82) is 0 Å². The second-order valence-corrected chi connectivity index (χ2v) is 5.19. The average Bonchev–Trinajstić information content (AvgIpc) is 2.29. The lowest BCUT2D eigenvalue weighted by Gasteiger charge is -2.15. The molecule has 0 saturated carbocycles. The molecule has 8 heteroatoms. The Labute approximate surface area is 103 Å². The van der Waals surface area contributed by atoms with Crippen molar-refractivity contribution in [2.75, 3.05) is 13.6 Å². The van der Waals surface area contributed by atoms with Crippen LogP contribution in [0.25, 0.3) is 0 Å². The lowest BCUT2D eigenvalue weighted by Crippen LogP contribution is -2.28. The molecule has 0 aliphatic rings. The van der Waals surface area contributed by atoms with Crippen LogP contribution in [0, 0.1) is 11.6 Å². The molecule has 0 heterocycles. The number of nitrogens with two attached hydrogens (primary N) is 1. The molecule has 2 N–H and O–H groups in total. The van der Waals surface area contributed by atoms with Gasteiger partial charge in [-0.2, -0.15) is 0 Å². The van der Waals surface area contributed by atoms with E-state index in [9.17, 15) is 22.0 Å². The van der Waals surface area contributed by atoms with E-state index in [-0.39, 0.29) is 6.54 Å². The first-order chi connectivity index (χ1) is 8.18. The molecule has 18 heavy (non-hydrogen) atoms. The fraction of sp³-hybridized carbons (Fsp3) is 0.300. The number of carbonyl (C=O) groups excluding carboxylic acids is 1. The Morgan fingerprint density at radius 1 is 1.39 bits per heavy atom. The summed E-state index contributed by atoms with van der Waals surface area (Å²) in [6.45, 7) is 1.90. The Bertz CT molecular complexity index is 587. The maximum Gasteiger partial charge on any atom is 0.256 e. The third kappa shape index (κ3) is 2.82. The Balaban J connectivity index is 3.45. The Morgan fingerprint density at radius 2 is 1.94 bits per heavy atom. The Hall–Kier alpha value is -1.54. The monoisotopic (exact) mass is 278 g/mol. The largest absolute Gasteiger partial charge is 0.342 e. The third-order valence-electron chi connectivity index (χ3n) is 2.38. The number of amides is 1. The van der Waals surface area contributed by atoms with Crippen LogP contribution >= 0.6 is 0 Å². The molecule has 0 spiro atoms. The molecule has 0 aliphatic carbocycles. The van der Waals surface area contributed by atoms with Crippen molar-refractivity contribution >= 4 is 15.9 Å². The second-order valence-electron chi connectivity index (χ2n) is 3.63. The second kappa shape index (κ2) is 4.99. The summed E-state index contributed by atoms with van der Waals surface area (Å²) in [6.07, 6.45) is 0. The molecule has 5 nitrogen and oxygen atoms in total. The van der Waals surface area contributed by atoms with Crippen LogP contribution in [0.2, 0.25) is 0 Å². The van der Waals surface area contributed by atoms with Gasteiger partial charge in [0.15, 0.2) is 11.6 Å². The molecule has 0 atom stereocenters. The summed E-state index contributed by atoms with van der Waals surface area (Å²) in [6, 6.07) is 1.16. The van der Waals surface area contributed by atoms with Gasteiger partial charge in [-0.1, -0.05) is 0 Å². The van der Waals surface area contributed by atoms with E-state index in [2.05, 4.69) is 0 Å². The first kappa shape index (κ1) is 14.5. The molecule has 0 bridgehead atoms. The fourth-order valence-corrected chi connectivity index (χ4v) is 1.78. The van der Waals surface area contributed by atoms with Crippen LogP contribution in [0.15, 0.2) is 17.0 Å². The van der Waals surface area contributed by atoms with Crippen molar-refractivity contribution in [3.8, 4) is 0 Å². The summed E-state index contributed by atoms with van der Waals surface area (Å²) in [5, 5.41) is 4.81. The molecular weight excluding hydrogens is 266 g/mol. The summed E-state index contributed by atoms with van der Waals surface area (Å²) >= 11 is 0. The van der Waals surface area contributed by atoms with Gasteiger partial charge in [-0.15, -0.1) is 0 Å². The lowest BCUT2D eigenvalue weighted by molar-refractivity contribution is 0.0796. The highest BCUT2D eigenvalue weighted by Crippen LogP contribution is 2.19. The zero-order valence-corrected chi connectivity index (χ0v) is 10.6. The van der Waals surface area contributed by atoms with Gasteiger partial charge < -0.3 is 4.90 Å². The maximum atomic E-state index is 13.5. The molecular formula is C10H12F2N2O3S. The minimum Gasteiger partial charge on any atom is -0.342 e. The first-order valence-corrected chi connectivity index (χ1v) is 6.50. The van der Waals surface area contributed by atoms with E-state index in [1.54, 1.807) is 6.92 Å². The molecule has 100 valence electrons. The minimum absolute atomic E-state index is 0.263. The van der Waals surface area contributed by atoms with E-state index >= 15 is 0 Å². The number of primary sulfonamides is 1. The molecule has 0 fully saturated rings. The standard InChI is InChI=1S/C10H12F2N2O3S/c1-3-14(2)10(15)7-4-6(18(13,16)17)5-8(11)9(7)12/h4-5H,3H2,1-2H3,(H2,13,16,17). The predicted molar refractivity (Wildman–Crippen MR) is 60.4 cm³/mol. The predicted octanol–water partition coefficient (Wildman–Crippen LogP) is 0.704. The Morgan fingerprint density at radius 3 is 2.39 bits per heavy atom. The van der Waals surface area contributed by atoms with Crippen molar-refractivity contribution in [1.82, 2.24) is 4.90 Å². The van der Waals surface area contributed by atoms with Crippen LogP contribution in [-0.4, -0.2) is 32.8 Å². The maximum absolute atomic E-state index is 13.5.